The Morgan fingerprint density at radius 1 is 0.780 bits per heavy atom. The summed E-state index contributed by atoms with van der Waals surface area (Å²) in [5.74, 6) is -4.47. The lowest BCUT2D eigenvalue weighted by molar-refractivity contribution is -0.145. The lowest BCUT2D eigenvalue weighted by atomic mass is 9.95. The fraction of sp³-hybridized carbons (Fsp3) is 0.472. The quantitative estimate of drug-likeness (QED) is 0.0937. The van der Waals surface area contributed by atoms with E-state index in [0.29, 0.717) is 12.0 Å². The molecule has 14 nitrogen and oxygen atoms in total. The van der Waals surface area contributed by atoms with E-state index in [9.17, 15) is 39.3 Å². The number of benzene rings is 2. The monoisotopic (exact) mass is 694 g/mol. The minimum Gasteiger partial charge on any atom is -0.508 e. The van der Waals surface area contributed by atoms with E-state index in [1.54, 1.807) is 25.3 Å². The molecule has 10 N–H and O–H groups in total. The molecular weight excluding hydrogens is 644 g/mol. The number of aliphatic hydroxyl groups is 1. The molecule has 1 aromatic heterocycles. The number of amides is 4. The lowest BCUT2D eigenvalue weighted by Gasteiger charge is -2.29. The summed E-state index contributed by atoms with van der Waals surface area (Å²) in [5, 5.41) is 40.5. The SMILES string of the molecule is CC[C@H](C)[C@H](NC(=O)[C@@H](N)Cc1ccc(O)cc1)C(=O)N[C@@H](CC(C)C)C(=O)N[C@@H](Cc1c[nH]c2ccccc12)C(=O)N[C@H](C(=O)O)[C@@H](C)O. The molecule has 0 spiro atoms. The van der Waals surface area contributed by atoms with Gasteiger partial charge in [0.05, 0.1) is 12.1 Å². The van der Waals surface area contributed by atoms with Crippen LogP contribution in [0.5, 0.6) is 5.75 Å². The number of aromatic amines is 1. The van der Waals surface area contributed by atoms with Crippen LogP contribution in [0.1, 0.15) is 58.6 Å². The summed E-state index contributed by atoms with van der Waals surface area (Å²) >= 11 is 0. The van der Waals surface area contributed by atoms with Crippen molar-refractivity contribution in [2.24, 2.45) is 17.6 Å². The predicted molar refractivity (Wildman–Crippen MR) is 188 cm³/mol. The van der Waals surface area contributed by atoms with Crippen LogP contribution in [-0.2, 0) is 36.8 Å². The number of rotatable bonds is 18. The molecule has 14 heteroatoms. The molecule has 0 aliphatic rings. The van der Waals surface area contributed by atoms with Gasteiger partial charge in [0, 0.05) is 23.5 Å². The number of carbonyl (C=O) groups is 5. The van der Waals surface area contributed by atoms with E-state index in [0.717, 1.165) is 16.5 Å². The molecule has 4 amide bonds. The second-order valence-electron chi connectivity index (χ2n) is 13.2. The number of fused-ring (bicyclic) bond motifs is 1. The molecule has 1 heterocycles. The van der Waals surface area contributed by atoms with Gasteiger partial charge < -0.3 is 47.3 Å². The molecule has 7 atom stereocenters. The van der Waals surface area contributed by atoms with Gasteiger partial charge in [0.1, 0.15) is 23.9 Å². The molecular formula is C36H50N6O8. The lowest BCUT2D eigenvalue weighted by Crippen LogP contribution is -2.60. The molecule has 50 heavy (non-hydrogen) atoms. The van der Waals surface area contributed by atoms with Crippen LogP contribution in [0.4, 0.5) is 0 Å². The minimum absolute atomic E-state index is 0.0272. The van der Waals surface area contributed by atoms with Crippen LogP contribution >= 0.6 is 0 Å². The number of nitrogens with two attached hydrogens (primary N) is 1. The Hall–Kier alpha value is -4.95. The number of aromatic nitrogens is 1. The Balaban J connectivity index is 1.83. The smallest absolute Gasteiger partial charge is 0.328 e. The number of para-hydroxylation sites is 1. The average Bonchev–Trinajstić information content (AvgIpc) is 3.47. The zero-order valence-electron chi connectivity index (χ0n) is 29.1. The number of hydrogen-bond acceptors (Lipinski definition) is 8. The van der Waals surface area contributed by atoms with Crippen molar-refractivity contribution in [1.82, 2.24) is 26.3 Å². The van der Waals surface area contributed by atoms with Crippen molar-refractivity contribution in [3.63, 3.8) is 0 Å². The van der Waals surface area contributed by atoms with E-state index in [1.165, 1.54) is 19.1 Å². The number of aliphatic hydroxyl groups excluding tert-OH is 1. The Bertz CT molecular complexity index is 1620. The Morgan fingerprint density at radius 3 is 1.98 bits per heavy atom. The molecule has 0 aliphatic heterocycles. The molecule has 0 saturated carbocycles. The summed E-state index contributed by atoms with van der Waals surface area (Å²) in [7, 11) is 0. The Kier molecular flexibility index (Phi) is 14.3. The maximum Gasteiger partial charge on any atom is 0.328 e. The maximum atomic E-state index is 13.9. The Labute approximate surface area is 291 Å². The molecule has 0 bridgehead atoms. The van der Waals surface area contributed by atoms with E-state index >= 15 is 0 Å². The molecule has 0 unspecified atom stereocenters. The highest BCUT2D eigenvalue weighted by Crippen LogP contribution is 2.20. The minimum atomic E-state index is -1.63. The van der Waals surface area contributed by atoms with E-state index in [2.05, 4.69) is 26.3 Å². The molecule has 3 rings (SSSR count). The summed E-state index contributed by atoms with van der Waals surface area (Å²) in [6.07, 6.45) is 1.12. The highest BCUT2D eigenvalue weighted by atomic mass is 16.4. The third-order valence-corrected chi connectivity index (χ3v) is 8.64. The van der Waals surface area contributed by atoms with Gasteiger partial charge in [0.2, 0.25) is 23.6 Å². The molecule has 272 valence electrons. The number of hydrogen-bond donors (Lipinski definition) is 9. The van der Waals surface area contributed by atoms with E-state index in [4.69, 9.17) is 5.73 Å². The summed E-state index contributed by atoms with van der Waals surface area (Å²) < 4.78 is 0. The van der Waals surface area contributed by atoms with Crippen molar-refractivity contribution < 1.29 is 39.3 Å². The second-order valence-corrected chi connectivity index (χ2v) is 13.2. The third kappa shape index (κ3) is 11.0. The van der Waals surface area contributed by atoms with Crippen LogP contribution in [0.2, 0.25) is 0 Å². The molecule has 3 aromatic rings. The van der Waals surface area contributed by atoms with Crippen molar-refractivity contribution in [3.05, 3.63) is 65.9 Å². The van der Waals surface area contributed by atoms with Crippen LogP contribution in [0.3, 0.4) is 0 Å². The highest BCUT2D eigenvalue weighted by Gasteiger charge is 2.34. The number of carboxylic acids is 1. The number of nitrogens with one attached hydrogen (secondary N) is 5. The zero-order chi connectivity index (χ0) is 37.1. The number of aliphatic carboxylic acids is 1. The van der Waals surface area contributed by atoms with Gasteiger partial charge in [-0.1, -0.05) is 64.4 Å². The van der Waals surface area contributed by atoms with E-state index in [-0.39, 0.29) is 36.8 Å². The first-order valence-corrected chi connectivity index (χ1v) is 16.8. The van der Waals surface area contributed by atoms with E-state index in [1.807, 2.05) is 45.0 Å². The normalized spacial score (nSPS) is 15.6. The van der Waals surface area contributed by atoms with Gasteiger partial charge in [-0.3, -0.25) is 19.2 Å². The number of phenolic OH excluding ortho intramolecular Hbond substituents is 1. The van der Waals surface area contributed by atoms with Crippen LogP contribution in [0, 0.1) is 11.8 Å². The van der Waals surface area contributed by atoms with Gasteiger partial charge >= 0.3 is 5.97 Å². The number of aromatic hydroxyl groups is 1. The van der Waals surface area contributed by atoms with E-state index < -0.39 is 65.9 Å². The van der Waals surface area contributed by atoms with Crippen molar-refractivity contribution >= 4 is 40.5 Å². The molecule has 0 fully saturated rings. The first-order chi connectivity index (χ1) is 23.6. The largest absolute Gasteiger partial charge is 0.508 e. The van der Waals surface area contributed by atoms with Crippen LogP contribution in [0.15, 0.2) is 54.7 Å². The molecule has 0 aliphatic carbocycles. The van der Waals surface area contributed by atoms with Gasteiger partial charge in [-0.05, 0) is 60.9 Å². The fourth-order valence-electron chi connectivity index (χ4n) is 5.55. The van der Waals surface area contributed by atoms with Gasteiger partial charge in [0.25, 0.3) is 0 Å². The summed E-state index contributed by atoms with van der Waals surface area (Å²) in [6.45, 7) is 8.60. The number of carbonyl (C=O) groups excluding carboxylic acids is 4. The van der Waals surface area contributed by atoms with Gasteiger partial charge in [-0.25, -0.2) is 4.79 Å². The van der Waals surface area contributed by atoms with Gasteiger partial charge in [-0.2, -0.15) is 0 Å². The first-order valence-electron chi connectivity index (χ1n) is 16.8. The highest BCUT2D eigenvalue weighted by molar-refractivity contribution is 5.96. The van der Waals surface area contributed by atoms with Gasteiger partial charge in [-0.15, -0.1) is 0 Å². The zero-order valence-corrected chi connectivity index (χ0v) is 29.1. The van der Waals surface area contributed by atoms with Crippen LogP contribution < -0.4 is 27.0 Å². The predicted octanol–water partition coefficient (Wildman–Crippen LogP) is 1.48. The second kappa shape index (κ2) is 18.2. The van der Waals surface area contributed by atoms with Gasteiger partial charge in [0.15, 0.2) is 6.04 Å². The van der Waals surface area contributed by atoms with Crippen LogP contribution in [0.25, 0.3) is 10.9 Å². The van der Waals surface area contributed by atoms with Crippen LogP contribution in [-0.4, -0.2) is 86.2 Å². The third-order valence-electron chi connectivity index (χ3n) is 8.64. The first kappa shape index (κ1) is 39.5. The maximum absolute atomic E-state index is 13.9. The van der Waals surface area contributed by atoms with Crippen molar-refractivity contribution in [2.75, 3.05) is 0 Å². The summed E-state index contributed by atoms with van der Waals surface area (Å²) in [4.78, 5) is 69.2. The number of H-pyrrole nitrogens is 1. The Morgan fingerprint density at radius 2 is 1.38 bits per heavy atom. The van der Waals surface area contributed by atoms with Crippen molar-refractivity contribution in [1.29, 1.82) is 0 Å². The fourth-order valence-corrected chi connectivity index (χ4v) is 5.55. The molecule has 2 aromatic carbocycles. The number of carboxylic acid groups (broad SMARTS) is 1. The standard InChI is InChI=1S/C36H50N6O8/c1-6-20(4)30(41-32(45)26(37)16-22-11-13-24(44)14-12-22)35(48)40-28(15-19(2)3)33(46)39-29(34(47)42-31(21(5)43)36(49)50)17-23-18-38-27-10-8-7-9-25(23)27/h7-14,18-21,26,28-31,38,43-44H,6,15-17,37H2,1-5H3,(H,39,46)(H,40,48)(H,41,45)(H,42,47)(H,49,50)/t20-,21+,26-,28-,29-,30-,31-/m0/s1. The summed E-state index contributed by atoms with van der Waals surface area (Å²) in [6, 6.07) is 7.57. The molecule has 0 saturated heterocycles. The average molecular weight is 695 g/mol. The summed E-state index contributed by atoms with van der Waals surface area (Å²) in [5.41, 5.74) is 8.37. The number of phenols is 1. The topological polar surface area (TPSA) is 236 Å². The van der Waals surface area contributed by atoms with Crippen molar-refractivity contribution in [3.8, 4) is 5.75 Å². The van der Waals surface area contributed by atoms with Crippen molar-refractivity contribution in [2.45, 2.75) is 96.6 Å². The molecule has 0 radical (unpaired) electrons.